The van der Waals surface area contributed by atoms with Crippen molar-refractivity contribution in [1.82, 2.24) is 5.32 Å². The van der Waals surface area contributed by atoms with Crippen LogP contribution in [0.15, 0.2) is 18.2 Å². The van der Waals surface area contributed by atoms with Crippen LogP contribution in [0.25, 0.3) is 0 Å². The van der Waals surface area contributed by atoms with Crippen molar-refractivity contribution >= 4 is 29.0 Å². The van der Waals surface area contributed by atoms with Gasteiger partial charge in [0, 0.05) is 24.4 Å². The van der Waals surface area contributed by atoms with Crippen LogP contribution < -0.4 is 10.6 Å². The molecule has 0 saturated carbocycles. The number of nitrogens with one attached hydrogen (secondary N) is 2. The predicted molar refractivity (Wildman–Crippen MR) is 87.2 cm³/mol. The molecular weight excluding hydrogens is 290 g/mol. The van der Waals surface area contributed by atoms with Gasteiger partial charge in [0.1, 0.15) is 5.69 Å². The molecule has 0 aliphatic carbocycles. The minimum absolute atomic E-state index is 0.0567. The first-order chi connectivity index (χ1) is 10.0. The lowest BCUT2D eigenvalue weighted by molar-refractivity contribution is -0.384. The molecule has 1 aromatic rings. The molecule has 0 spiro atoms. The molecule has 0 radical (unpaired) electrons. The largest absolute Gasteiger partial charge is 0.379 e. The third-order valence-corrected chi connectivity index (χ3v) is 3.77. The van der Waals surface area contributed by atoms with E-state index in [2.05, 4.69) is 10.6 Å². The molecule has 7 heteroatoms. The molecule has 0 aromatic heterocycles. The number of hydrogen-bond donors (Lipinski definition) is 2. The molecule has 1 unspecified atom stereocenters. The number of benzene rings is 1. The van der Waals surface area contributed by atoms with Crippen molar-refractivity contribution < 1.29 is 9.72 Å². The monoisotopic (exact) mass is 311 g/mol. The summed E-state index contributed by atoms with van der Waals surface area (Å²) in [7, 11) is 0. The summed E-state index contributed by atoms with van der Waals surface area (Å²) in [6, 6.07) is 4.59. The van der Waals surface area contributed by atoms with Crippen LogP contribution in [0.4, 0.5) is 11.4 Å². The molecule has 116 valence electrons. The van der Waals surface area contributed by atoms with Crippen LogP contribution in [-0.4, -0.2) is 35.4 Å². The molecule has 2 N–H and O–H groups in total. The maximum Gasteiger partial charge on any atom is 0.293 e. The summed E-state index contributed by atoms with van der Waals surface area (Å²) in [6.07, 6.45) is 2.80. The highest BCUT2D eigenvalue weighted by molar-refractivity contribution is 7.98. The van der Waals surface area contributed by atoms with Crippen molar-refractivity contribution in [2.24, 2.45) is 0 Å². The Morgan fingerprint density at radius 2 is 2.14 bits per heavy atom. The summed E-state index contributed by atoms with van der Waals surface area (Å²) in [6.45, 7) is 4.34. The lowest BCUT2D eigenvalue weighted by atomic mass is 10.1. The zero-order valence-electron chi connectivity index (χ0n) is 12.5. The average Bonchev–Trinajstić information content (AvgIpc) is 2.46. The number of nitrogens with zero attached hydrogens (tertiary/aromatic N) is 1. The van der Waals surface area contributed by atoms with Gasteiger partial charge in [0.2, 0.25) is 0 Å². The summed E-state index contributed by atoms with van der Waals surface area (Å²) >= 11 is 1.66. The molecule has 0 heterocycles. The number of amides is 1. The Balaban J connectivity index is 3.08. The second kappa shape index (κ2) is 8.51. The van der Waals surface area contributed by atoms with Crippen LogP contribution >= 0.6 is 11.8 Å². The minimum atomic E-state index is -0.478. The maximum absolute atomic E-state index is 12.4. The molecule has 1 rings (SSSR count). The molecule has 1 aromatic carbocycles. The quantitative estimate of drug-likeness (QED) is 0.569. The first-order valence-corrected chi connectivity index (χ1v) is 8.25. The van der Waals surface area contributed by atoms with E-state index in [0.717, 1.165) is 12.2 Å². The molecule has 0 saturated heterocycles. The van der Waals surface area contributed by atoms with E-state index < -0.39 is 4.92 Å². The second-order valence-corrected chi connectivity index (χ2v) is 5.43. The van der Waals surface area contributed by atoms with Crippen molar-refractivity contribution in [2.75, 3.05) is 23.9 Å². The van der Waals surface area contributed by atoms with Crippen molar-refractivity contribution in [3.8, 4) is 0 Å². The van der Waals surface area contributed by atoms with E-state index in [-0.39, 0.29) is 23.3 Å². The van der Waals surface area contributed by atoms with Crippen molar-refractivity contribution in [1.29, 1.82) is 0 Å². The summed E-state index contributed by atoms with van der Waals surface area (Å²) < 4.78 is 0. The van der Waals surface area contributed by atoms with Crippen LogP contribution in [0.3, 0.4) is 0 Å². The molecule has 0 aliphatic rings. The Morgan fingerprint density at radius 1 is 1.43 bits per heavy atom. The standard InChI is InChI=1S/C14H21N3O3S/c1-4-10(9-21-3)16-14(18)11-7-6-8-12(17(19)20)13(11)15-5-2/h6-8,10,15H,4-5,9H2,1-3H3,(H,16,18). The lowest BCUT2D eigenvalue weighted by Gasteiger charge is -2.17. The SMILES string of the molecule is CCNc1c(C(=O)NC(CC)CSC)cccc1[N+](=O)[O-]. The normalized spacial score (nSPS) is 11.8. The molecular formula is C14H21N3O3S. The molecule has 0 fully saturated rings. The highest BCUT2D eigenvalue weighted by Gasteiger charge is 2.22. The van der Waals surface area contributed by atoms with Gasteiger partial charge in [-0.15, -0.1) is 0 Å². The van der Waals surface area contributed by atoms with E-state index in [1.54, 1.807) is 17.8 Å². The van der Waals surface area contributed by atoms with Gasteiger partial charge in [0.05, 0.1) is 10.5 Å². The summed E-state index contributed by atoms with van der Waals surface area (Å²) in [5.41, 5.74) is 0.509. The maximum atomic E-state index is 12.4. The first-order valence-electron chi connectivity index (χ1n) is 6.86. The highest BCUT2D eigenvalue weighted by Crippen LogP contribution is 2.28. The Labute approximate surface area is 128 Å². The van der Waals surface area contributed by atoms with Gasteiger partial charge in [-0.05, 0) is 25.7 Å². The average molecular weight is 311 g/mol. The fourth-order valence-corrected chi connectivity index (χ4v) is 2.69. The fraction of sp³-hybridized carbons (Fsp3) is 0.500. The van der Waals surface area contributed by atoms with Crippen LogP contribution in [-0.2, 0) is 0 Å². The Hall–Kier alpha value is -1.76. The number of para-hydroxylation sites is 1. The zero-order valence-corrected chi connectivity index (χ0v) is 13.3. The number of thioether (sulfide) groups is 1. The van der Waals surface area contributed by atoms with E-state index in [4.69, 9.17) is 0 Å². The van der Waals surface area contributed by atoms with Crippen molar-refractivity contribution in [2.45, 2.75) is 26.3 Å². The van der Waals surface area contributed by atoms with Crippen LogP contribution in [0.5, 0.6) is 0 Å². The summed E-state index contributed by atoms with van der Waals surface area (Å²) in [5.74, 6) is 0.531. The summed E-state index contributed by atoms with van der Waals surface area (Å²) in [4.78, 5) is 23.0. The van der Waals surface area contributed by atoms with Gasteiger partial charge in [-0.1, -0.05) is 13.0 Å². The summed E-state index contributed by atoms with van der Waals surface area (Å²) in [5, 5.41) is 16.9. The number of carbonyl (C=O) groups excluding carboxylic acids is 1. The van der Waals surface area contributed by atoms with Crippen molar-refractivity contribution in [3.63, 3.8) is 0 Å². The Morgan fingerprint density at radius 3 is 2.67 bits per heavy atom. The number of nitro groups is 1. The van der Waals surface area contributed by atoms with Crippen molar-refractivity contribution in [3.05, 3.63) is 33.9 Å². The first kappa shape index (κ1) is 17.3. The molecule has 21 heavy (non-hydrogen) atoms. The van der Waals surface area contributed by atoms with Gasteiger partial charge in [0.15, 0.2) is 0 Å². The third kappa shape index (κ3) is 4.63. The van der Waals surface area contributed by atoms with Gasteiger partial charge in [-0.3, -0.25) is 14.9 Å². The van der Waals surface area contributed by atoms with E-state index in [1.807, 2.05) is 20.1 Å². The van der Waals surface area contributed by atoms with Gasteiger partial charge < -0.3 is 10.6 Å². The highest BCUT2D eigenvalue weighted by atomic mass is 32.2. The zero-order chi connectivity index (χ0) is 15.8. The molecule has 1 amide bonds. The lowest BCUT2D eigenvalue weighted by Crippen LogP contribution is -2.36. The van der Waals surface area contributed by atoms with Crippen LogP contribution in [0.2, 0.25) is 0 Å². The van der Waals surface area contributed by atoms with E-state index in [9.17, 15) is 14.9 Å². The fourth-order valence-electron chi connectivity index (χ4n) is 1.97. The Kier molecular flexibility index (Phi) is 7.01. The van der Waals surface area contributed by atoms with Gasteiger partial charge in [0.25, 0.3) is 11.6 Å². The molecule has 0 bridgehead atoms. The van der Waals surface area contributed by atoms with Gasteiger partial charge in [-0.2, -0.15) is 11.8 Å². The topological polar surface area (TPSA) is 84.3 Å². The number of nitro benzene ring substituents is 1. The number of anilines is 1. The van der Waals surface area contributed by atoms with E-state index in [0.29, 0.717) is 12.1 Å². The number of carbonyl (C=O) groups is 1. The second-order valence-electron chi connectivity index (χ2n) is 4.52. The van der Waals surface area contributed by atoms with E-state index >= 15 is 0 Å². The minimum Gasteiger partial charge on any atom is -0.379 e. The Bertz CT molecular complexity index is 508. The van der Waals surface area contributed by atoms with E-state index in [1.165, 1.54) is 12.1 Å². The molecule has 0 aliphatic heterocycles. The van der Waals surface area contributed by atoms with Gasteiger partial charge >= 0.3 is 0 Å². The van der Waals surface area contributed by atoms with Crippen LogP contribution in [0.1, 0.15) is 30.6 Å². The van der Waals surface area contributed by atoms with Gasteiger partial charge in [-0.25, -0.2) is 0 Å². The molecule has 6 nitrogen and oxygen atoms in total. The smallest absolute Gasteiger partial charge is 0.293 e. The number of rotatable bonds is 8. The van der Waals surface area contributed by atoms with Crippen LogP contribution in [0, 0.1) is 10.1 Å². The third-order valence-electron chi connectivity index (χ3n) is 3.03. The number of hydrogen-bond acceptors (Lipinski definition) is 5. The predicted octanol–water partition coefficient (Wildman–Crippen LogP) is 2.90. The molecule has 1 atom stereocenters.